The highest BCUT2D eigenvalue weighted by Crippen LogP contribution is 2.28. The molecule has 2 aromatic carbocycles. The number of carbonyl (C=O) groups excluding carboxylic acids is 1. The molecule has 22 heavy (non-hydrogen) atoms. The molecule has 0 aliphatic carbocycles. The van der Waals surface area contributed by atoms with Gasteiger partial charge in [0.05, 0.1) is 14.2 Å². The number of benzene rings is 2. The molecule has 0 fully saturated rings. The minimum absolute atomic E-state index is 0.276. The van der Waals surface area contributed by atoms with Gasteiger partial charge in [0.25, 0.3) is 0 Å². The number of aryl methyl sites for hydroxylation is 1. The first-order valence-corrected chi connectivity index (χ1v) is 7.17. The van der Waals surface area contributed by atoms with Crippen molar-refractivity contribution in [3.63, 3.8) is 0 Å². The summed E-state index contributed by atoms with van der Waals surface area (Å²) in [5.41, 5.74) is 0.978. The van der Waals surface area contributed by atoms with Crippen molar-refractivity contribution in [3.05, 3.63) is 53.1 Å². The molecule has 0 atom stereocenters. The number of rotatable bonds is 6. The van der Waals surface area contributed by atoms with Crippen molar-refractivity contribution in [2.24, 2.45) is 0 Å². The minimum Gasteiger partial charge on any atom is -0.493 e. The second-order valence-electron chi connectivity index (χ2n) is 4.62. The molecule has 116 valence electrons. The Hall–Kier alpha value is -2.20. The van der Waals surface area contributed by atoms with Crippen molar-refractivity contribution in [3.8, 4) is 17.2 Å². The second-order valence-corrected chi connectivity index (χ2v) is 5.05. The molecule has 0 saturated carbocycles. The summed E-state index contributed by atoms with van der Waals surface area (Å²) >= 11 is 5.78. The number of carbonyl (C=O) groups is 1. The van der Waals surface area contributed by atoms with Crippen molar-refractivity contribution in [1.82, 2.24) is 0 Å². The van der Waals surface area contributed by atoms with Gasteiger partial charge in [-0.3, -0.25) is 4.79 Å². The van der Waals surface area contributed by atoms with Crippen LogP contribution in [-0.4, -0.2) is 20.2 Å². The number of hydrogen-bond donors (Lipinski definition) is 0. The monoisotopic (exact) mass is 320 g/mol. The zero-order valence-electron chi connectivity index (χ0n) is 12.5. The summed E-state index contributed by atoms with van der Waals surface area (Å²) in [6.45, 7) is 0. The van der Waals surface area contributed by atoms with Crippen molar-refractivity contribution in [2.75, 3.05) is 14.2 Å². The van der Waals surface area contributed by atoms with Crippen LogP contribution < -0.4 is 14.2 Å². The molecule has 0 heterocycles. The van der Waals surface area contributed by atoms with Crippen LogP contribution in [0, 0.1) is 0 Å². The molecule has 0 unspecified atom stereocenters. The van der Waals surface area contributed by atoms with E-state index in [0.29, 0.717) is 28.7 Å². The van der Waals surface area contributed by atoms with Gasteiger partial charge in [-0.05, 0) is 48.4 Å². The molecule has 0 aliphatic rings. The van der Waals surface area contributed by atoms with E-state index in [2.05, 4.69) is 0 Å². The van der Waals surface area contributed by atoms with E-state index in [4.69, 9.17) is 25.8 Å². The molecule has 0 aromatic heterocycles. The molecule has 5 heteroatoms. The van der Waals surface area contributed by atoms with Gasteiger partial charge in [-0.2, -0.15) is 0 Å². The van der Waals surface area contributed by atoms with Gasteiger partial charge in [-0.1, -0.05) is 17.7 Å². The molecule has 0 N–H and O–H groups in total. The third-order valence-electron chi connectivity index (χ3n) is 3.11. The Balaban J connectivity index is 1.92. The molecule has 0 spiro atoms. The quantitative estimate of drug-likeness (QED) is 0.598. The molecule has 2 rings (SSSR count). The van der Waals surface area contributed by atoms with E-state index in [1.165, 1.54) is 0 Å². The highest BCUT2D eigenvalue weighted by Gasteiger charge is 2.08. The zero-order chi connectivity index (χ0) is 15.9. The summed E-state index contributed by atoms with van der Waals surface area (Å²) < 4.78 is 15.7. The van der Waals surface area contributed by atoms with Crippen molar-refractivity contribution < 1.29 is 19.0 Å². The van der Waals surface area contributed by atoms with Crippen LogP contribution in [0.4, 0.5) is 0 Å². The smallest absolute Gasteiger partial charge is 0.311 e. The van der Waals surface area contributed by atoms with Crippen LogP contribution in [0.2, 0.25) is 5.02 Å². The van der Waals surface area contributed by atoms with Crippen molar-refractivity contribution in [1.29, 1.82) is 0 Å². The highest BCUT2D eigenvalue weighted by atomic mass is 35.5. The molecule has 0 bridgehead atoms. The van der Waals surface area contributed by atoms with Crippen molar-refractivity contribution >= 4 is 17.6 Å². The predicted octanol–water partition coefficient (Wildman–Crippen LogP) is 3.90. The van der Waals surface area contributed by atoms with Crippen LogP contribution in [0.3, 0.4) is 0 Å². The fourth-order valence-corrected chi connectivity index (χ4v) is 2.09. The van der Waals surface area contributed by atoms with Gasteiger partial charge in [0.1, 0.15) is 5.75 Å². The van der Waals surface area contributed by atoms with Crippen LogP contribution >= 0.6 is 11.6 Å². The fraction of sp³-hybridized carbons (Fsp3) is 0.235. The zero-order valence-corrected chi connectivity index (χ0v) is 13.2. The first-order chi connectivity index (χ1) is 10.6. The van der Waals surface area contributed by atoms with Gasteiger partial charge in [-0.25, -0.2) is 0 Å². The topological polar surface area (TPSA) is 44.8 Å². The third-order valence-corrected chi connectivity index (χ3v) is 3.36. The SMILES string of the molecule is COc1ccc(CCC(=O)Oc2ccc(Cl)cc2)cc1OC. The Kier molecular flexibility index (Phi) is 5.67. The second kappa shape index (κ2) is 7.71. The van der Waals surface area contributed by atoms with Gasteiger partial charge in [0.2, 0.25) is 0 Å². The van der Waals surface area contributed by atoms with E-state index in [1.807, 2.05) is 18.2 Å². The Morgan fingerprint density at radius 3 is 2.32 bits per heavy atom. The minimum atomic E-state index is -0.294. The van der Waals surface area contributed by atoms with E-state index >= 15 is 0 Å². The average Bonchev–Trinajstić information content (AvgIpc) is 2.54. The van der Waals surface area contributed by atoms with Gasteiger partial charge in [0, 0.05) is 11.4 Å². The first kappa shape index (κ1) is 16.2. The van der Waals surface area contributed by atoms with Crippen LogP contribution in [-0.2, 0) is 11.2 Å². The molecule has 2 aromatic rings. The maximum Gasteiger partial charge on any atom is 0.311 e. The number of hydrogen-bond acceptors (Lipinski definition) is 4. The summed E-state index contributed by atoms with van der Waals surface area (Å²) in [6, 6.07) is 12.3. The number of methoxy groups -OCH3 is 2. The highest BCUT2D eigenvalue weighted by molar-refractivity contribution is 6.30. The molecule has 0 amide bonds. The Morgan fingerprint density at radius 2 is 1.68 bits per heavy atom. The van der Waals surface area contributed by atoms with Gasteiger partial charge in [0.15, 0.2) is 11.5 Å². The summed E-state index contributed by atoms with van der Waals surface area (Å²) in [5.74, 6) is 1.50. The lowest BCUT2D eigenvalue weighted by atomic mass is 10.1. The van der Waals surface area contributed by atoms with Gasteiger partial charge >= 0.3 is 5.97 Å². The van der Waals surface area contributed by atoms with Crippen LogP contribution in [0.15, 0.2) is 42.5 Å². The molecule has 0 saturated heterocycles. The molecule has 0 radical (unpaired) electrons. The van der Waals surface area contributed by atoms with E-state index in [-0.39, 0.29) is 12.4 Å². The maximum absolute atomic E-state index is 11.8. The summed E-state index contributed by atoms with van der Waals surface area (Å²) in [7, 11) is 3.16. The molecular weight excluding hydrogens is 304 g/mol. The number of halogens is 1. The number of ether oxygens (including phenoxy) is 3. The Labute approximate surface area is 134 Å². The summed E-state index contributed by atoms with van der Waals surface area (Å²) in [4.78, 5) is 11.8. The van der Waals surface area contributed by atoms with E-state index < -0.39 is 0 Å². The first-order valence-electron chi connectivity index (χ1n) is 6.79. The van der Waals surface area contributed by atoms with E-state index in [1.54, 1.807) is 38.5 Å². The Bertz CT molecular complexity index is 638. The molecule has 0 aliphatic heterocycles. The summed E-state index contributed by atoms with van der Waals surface area (Å²) in [6.07, 6.45) is 0.838. The van der Waals surface area contributed by atoms with Crippen LogP contribution in [0.1, 0.15) is 12.0 Å². The normalized spacial score (nSPS) is 10.1. The van der Waals surface area contributed by atoms with Gasteiger partial charge < -0.3 is 14.2 Å². The van der Waals surface area contributed by atoms with Crippen molar-refractivity contribution in [2.45, 2.75) is 12.8 Å². The fourth-order valence-electron chi connectivity index (χ4n) is 1.97. The van der Waals surface area contributed by atoms with Crippen LogP contribution in [0.25, 0.3) is 0 Å². The van der Waals surface area contributed by atoms with Crippen LogP contribution in [0.5, 0.6) is 17.2 Å². The largest absolute Gasteiger partial charge is 0.493 e. The lowest BCUT2D eigenvalue weighted by Gasteiger charge is -2.09. The lowest BCUT2D eigenvalue weighted by molar-refractivity contribution is -0.134. The average molecular weight is 321 g/mol. The summed E-state index contributed by atoms with van der Waals surface area (Å²) in [5, 5.41) is 0.602. The number of esters is 1. The Morgan fingerprint density at radius 1 is 1.00 bits per heavy atom. The maximum atomic E-state index is 11.8. The molecule has 4 nitrogen and oxygen atoms in total. The van der Waals surface area contributed by atoms with E-state index in [9.17, 15) is 4.79 Å². The van der Waals surface area contributed by atoms with Gasteiger partial charge in [-0.15, -0.1) is 0 Å². The third kappa shape index (κ3) is 4.40. The standard InChI is InChI=1S/C17H17ClO4/c1-20-15-9-3-12(11-16(15)21-2)4-10-17(19)22-14-7-5-13(18)6-8-14/h3,5-9,11H,4,10H2,1-2H3. The van der Waals surface area contributed by atoms with E-state index in [0.717, 1.165) is 5.56 Å². The predicted molar refractivity (Wildman–Crippen MR) is 85.0 cm³/mol. The molecular formula is C17H17ClO4. The lowest BCUT2D eigenvalue weighted by Crippen LogP contribution is -2.09.